The van der Waals surface area contributed by atoms with Crippen LogP contribution in [0.3, 0.4) is 0 Å². The molecule has 54 valence electrons. The molecule has 0 saturated carbocycles. The number of hydrogen-bond donors (Lipinski definition) is 2. The molecule has 0 fully saturated rings. The monoisotopic (exact) mass is 151 g/mol. The number of alkyl halides is 1. The standard InChI is InChI=1S/C4H10ClN3O/c1-3(5)2-9-8-4(6)7/h3H,2H2,1H3,(H4,6,7,8). The Kier molecular flexibility index (Phi) is 3.96. The van der Waals surface area contributed by atoms with Gasteiger partial charge in [-0.05, 0) is 12.1 Å². The Morgan fingerprint density at radius 2 is 2.33 bits per heavy atom. The van der Waals surface area contributed by atoms with Crippen molar-refractivity contribution >= 4 is 17.6 Å². The molecule has 0 aliphatic carbocycles. The molecule has 0 bridgehead atoms. The van der Waals surface area contributed by atoms with Crippen LogP contribution in [0.15, 0.2) is 5.16 Å². The van der Waals surface area contributed by atoms with Crippen LogP contribution in [-0.4, -0.2) is 17.9 Å². The van der Waals surface area contributed by atoms with Crippen molar-refractivity contribution in [1.82, 2.24) is 0 Å². The van der Waals surface area contributed by atoms with Crippen molar-refractivity contribution in [3.8, 4) is 0 Å². The summed E-state index contributed by atoms with van der Waals surface area (Å²) in [7, 11) is 0. The highest BCUT2D eigenvalue weighted by Crippen LogP contribution is 1.92. The van der Waals surface area contributed by atoms with Crippen LogP contribution >= 0.6 is 11.6 Å². The lowest BCUT2D eigenvalue weighted by Crippen LogP contribution is -2.23. The van der Waals surface area contributed by atoms with Crippen LogP contribution in [-0.2, 0) is 4.84 Å². The lowest BCUT2D eigenvalue weighted by molar-refractivity contribution is 0.146. The van der Waals surface area contributed by atoms with Gasteiger partial charge in [0.25, 0.3) is 0 Å². The van der Waals surface area contributed by atoms with E-state index in [2.05, 4.69) is 9.99 Å². The summed E-state index contributed by atoms with van der Waals surface area (Å²) in [5, 5.41) is 3.18. The molecule has 9 heavy (non-hydrogen) atoms. The Hall–Kier alpha value is -0.640. The molecule has 0 radical (unpaired) electrons. The third kappa shape index (κ3) is 7.36. The maximum Gasteiger partial charge on any atom is 0.228 e. The molecule has 0 amide bonds. The van der Waals surface area contributed by atoms with E-state index >= 15 is 0 Å². The molecular weight excluding hydrogens is 142 g/mol. The zero-order chi connectivity index (χ0) is 7.28. The number of oxime groups is 1. The Morgan fingerprint density at radius 3 is 2.67 bits per heavy atom. The smallest absolute Gasteiger partial charge is 0.228 e. The molecule has 1 atom stereocenters. The van der Waals surface area contributed by atoms with Crippen molar-refractivity contribution in [2.45, 2.75) is 12.3 Å². The summed E-state index contributed by atoms with van der Waals surface area (Å²) in [6.07, 6.45) is 0. The highest BCUT2D eigenvalue weighted by molar-refractivity contribution is 6.20. The van der Waals surface area contributed by atoms with Gasteiger partial charge in [-0.1, -0.05) is 0 Å². The van der Waals surface area contributed by atoms with Crippen LogP contribution in [0.5, 0.6) is 0 Å². The molecule has 0 heterocycles. The van der Waals surface area contributed by atoms with Crippen molar-refractivity contribution in [2.24, 2.45) is 16.6 Å². The second-order valence-corrected chi connectivity index (χ2v) is 2.34. The van der Waals surface area contributed by atoms with Crippen LogP contribution in [0, 0.1) is 0 Å². The van der Waals surface area contributed by atoms with E-state index in [1.165, 1.54) is 0 Å². The normalized spacial score (nSPS) is 12.2. The Balaban J connectivity index is 3.20. The number of guanidine groups is 1. The van der Waals surface area contributed by atoms with E-state index < -0.39 is 0 Å². The fourth-order valence-corrected chi connectivity index (χ4v) is 0.271. The number of rotatable bonds is 3. The first-order valence-corrected chi connectivity index (χ1v) is 2.91. The first-order valence-electron chi connectivity index (χ1n) is 2.48. The van der Waals surface area contributed by atoms with Gasteiger partial charge in [0.05, 0.1) is 5.38 Å². The summed E-state index contributed by atoms with van der Waals surface area (Å²) in [6.45, 7) is 2.10. The van der Waals surface area contributed by atoms with E-state index in [1.807, 2.05) is 0 Å². The number of hydrogen-bond acceptors (Lipinski definition) is 2. The van der Waals surface area contributed by atoms with Gasteiger partial charge in [0.1, 0.15) is 6.61 Å². The highest BCUT2D eigenvalue weighted by atomic mass is 35.5. The summed E-state index contributed by atoms with van der Waals surface area (Å²) in [6, 6.07) is 0. The second kappa shape index (κ2) is 4.26. The van der Waals surface area contributed by atoms with Crippen molar-refractivity contribution in [3.63, 3.8) is 0 Å². The molecule has 0 saturated heterocycles. The molecule has 5 heteroatoms. The van der Waals surface area contributed by atoms with Crippen LogP contribution in [0.4, 0.5) is 0 Å². The molecule has 4 nitrogen and oxygen atoms in total. The summed E-state index contributed by atoms with van der Waals surface area (Å²) >= 11 is 5.49. The van der Waals surface area contributed by atoms with Crippen molar-refractivity contribution in [1.29, 1.82) is 0 Å². The van der Waals surface area contributed by atoms with Gasteiger partial charge in [0.2, 0.25) is 5.96 Å². The van der Waals surface area contributed by atoms with E-state index in [0.29, 0.717) is 6.61 Å². The van der Waals surface area contributed by atoms with Gasteiger partial charge in [0.15, 0.2) is 0 Å². The molecule has 0 aromatic carbocycles. The topological polar surface area (TPSA) is 73.6 Å². The predicted octanol–water partition coefficient (Wildman–Crippen LogP) is -0.181. The molecule has 0 aliphatic rings. The summed E-state index contributed by atoms with van der Waals surface area (Å²) in [5.74, 6) is -0.0904. The van der Waals surface area contributed by atoms with Gasteiger partial charge in [-0.2, -0.15) is 0 Å². The number of halogens is 1. The van der Waals surface area contributed by atoms with Gasteiger partial charge in [-0.25, -0.2) is 0 Å². The molecule has 0 aromatic rings. The molecule has 0 rings (SSSR count). The fourth-order valence-electron chi connectivity index (χ4n) is 0.215. The van der Waals surface area contributed by atoms with Crippen molar-refractivity contribution < 1.29 is 4.84 Å². The van der Waals surface area contributed by atoms with E-state index in [-0.39, 0.29) is 11.3 Å². The Bertz CT molecular complexity index is 100.0. The lowest BCUT2D eigenvalue weighted by Gasteiger charge is -1.98. The SMILES string of the molecule is CC(Cl)CON=C(N)N. The van der Waals surface area contributed by atoms with Crippen molar-refractivity contribution in [2.75, 3.05) is 6.61 Å². The average Bonchev–Trinajstić information content (AvgIpc) is 1.63. The molecule has 0 aromatic heterocycles. The zero-order valence-electron chi connectivity index (χ0n) is 5.17. The van der Waals surface area contributed by atoms with Gasteiger partial charge in [-0.15, -0.1) is 11.6 Å². The van der Waals surface area contributed by atoms with E-state index in [0.717, 1.165) is 0 Å². The molecular formula is C4H10ClN3O. The van der Waals surface area contributed by atoms with E-state index in [1.54, 1.807) is 6.92 Å². The van der Waals surface area contributed by atoms with Crippen LogP contribution in [0.25, 0.3) is 0 Å². The van der Waals surface area contributed by atoms with Crippen LogP contribution in [0.1, 0.15) is 6.92 Å². The van der Waals surface area contributed by atoms with Crippen molar-refractivity contribution in [3.05, 3.63) is 0 Å². The molecule has 4 N–H and O–H groups in total. The van der Waals surface area contributed by atoms with Gasteiger partial charge in [-0.3, -0.25) is 0 Å². The van der Waals surface area contributed by atoms with E-state index in [4.69, 9.17) is 23.1 Å². The number of nitrogens with zero attached hydrogens (tertiary/aromatic N) is 1. The van der Waals surface area contributed by atoms with Gasteiger partial charge < -0.3 is 16.3 Å². The third-order valence-electron chi connectivity index (χ3n) is 0.474. The Labute approximate surface area is 58.8 Å². The quantitative estimate of drug-likeness (QED) is 0.254. The third-order valence-corrected chi connectivity index (χ3v) is 0.600. The highest BCUT2D eigenvalue weighted by Gasteiger charge is 1.93. The van der Waals surface area contributed by atoms with E-state index in [9.17, 15) is 0 Å². The summed E-state index contributed by atoms with van der Waals surface area (Å²) in [5.41, 5.74) is 9.88. The van der Waals surface area contributed by atoms with Crippen LogP contribution < -0.4 is 11.5 Å². The fraction of sp³-hybridized carbons (Fsp3) is 0.750. The zero-order valence-corrected chi connectivity index (χ0v) is 5.93. The average molecular weight is 152 g/mol. The minimum Gasteiger partial charge on any atom is -0.391 e. The van der Waals surface area contributed by atoms with Gasteiger partial charge >= 0.3 is 0 Å². The summed E-state index contributed by atoms with van der Waals surface area (Å²) in [4.78, 5) is 4.56. The minimum atomic E-state index is -0.0904. The maximum atomic E-state index is 5.49. The Morgan fingerprint density at radius 1 is 1.78 bits per heavy atom. The van der Waals surface area contributed by atoms with Gasteiger partial charge in [0, 0.05) is 0 Å². The molecule has 0 spiro atoms. The first-order chi connectivity index (χ1) is 4.13. The predicted molar refractivity (Wildman–Crippen MR) is 37.1 cm³/mol. The molecule has 0 aliphatic heterocycles. The lowest BCUT2D eigenvalue weighted by atomic mass is 10.5. The first kappa shape index (κ1) is 8.36. The second-order valence-electron chi connectivity index (χ2n) is 1.59. The van der Waals surface area contributed by atoms with Crippen LogP contribution in [0.2, 0.25) is 0 Å². The minimum absolute atomic E-state index is 0.0758. The number of nitrogens with two attached hydrogens (primary N) is 2. The maximum absolute atomic E-state index is 5.49. The molecule has 1 unspecified atom stereocenters. The largest absolute Gasteiger partial charge is 0.391 e. The summed E-state index contributed by atoms with van der Waals surface area (Å²) < 4.78 is 0.